The number of benzene rings is 1. The Morgan fingerprint density at radius 3 is 3.10 bits per heavy atom. The van der Waals surface area contributed by atoms with Crippen LogP contribution >= 0.6 is 0 Å². The fourth-order valence-electron chi connectivity index (χ4n) is 2.35. The van der Waals surface area contributed by atoms with Gasteiger partial charge < -0.3 is 14.6 Å². The van der Waals surface area contributed by atoms with Crippen molar-refractivity contribution in [3.63, 3.8) is 0 Å². The van der Waals surface area contributed by atoms with Gasteiger partial charge in [-0.05, 0) is 18.9 Å². The summed E-state index contributed by atoms with van der Waals surface area (Å²) in [4.78, 5) is 4.43. The topological polar surface area (TPSA) is 60.2 Å². The van der Waals surface area contributed by atoms with E-state index in [0.29, 0.717) is 18.3 Å². The Bertz CT molecular complexity index is 562. The number of aryl methyl sites for hydroxylation is 3. The fourth-order valence-corrected chi connectivity index (χ4v) is 2.35. The van der Waals surface area contributed by atoms with E-state index in [0.717, 1.165) is 25.9 Å². The highest BCUT2D eigenvalue weighted by molar-refractivity contribution is 5.22. The van der Waals surface area contributed by atoms with Gasteiger partial charge in [-0.1, -0.05) is 35.0 Å². The highest BCUT2D eigenvalue weighted by Gasteiger charge is 2.21. The number of nitrogens with one attached hydrogen (secondary N) is 1. The van der Waals surface area contributed by atoms with E-state index < -0.39 is 0 Å². The third kappa shape index (κ3) is 3.23. The molecule has 0 bridgehead atoms. The van der Waals surface area contributed by atoms with Crippen LogP contribution < -0.4 is 5.32 Å². The first-order chi connectivity index (χ1) is 9.81. The van der Waals surface area contributed by atoms with Crippen LogP contribution in [0.15, 0.2) is 28.8 Å². The summed E-state index contributed by atoms with van der Waals surface area (Å²) in [7, 11) is 0. The van der Waals surface area contributed by atoms with E-state index >= 15 is 0 Å². The second-order valence-electron chi connectivity index (χ2n) is 5.10. The minimum atomic E-state index is -0.0831. The molecule has 1 unspecified atom stereocenters. The van der Waals surface area contributed by atoms with Crippen molar-refractivity contribution in [3.8, 4) is 0 Å². The molecule has 2 aromatic rings. The van der Waals surface area contributed by atoms with Gasteiger partial charge in [0.15, 0.2) is 0 Å². The first kappa shape index (κ1) is 13.3. The maximum absolute atomic E-state index is 5.61. The molecule has 1 saturated heterocycles. The van der Waals surface area contributed by atoms with Gasteiger partial charge in [-0.25, -0.2) is 0 Å². The molecule has 0 radical (unpaired) electrons. The van der Waals surface area contributed by atoms with Crippen LogP contribution in [-0.4, -0.2) is 29.8 Å². The molecule has 1 aromatic carbocycles. The SMILES string of the molecule is Cc1cccc(CCc2nc(C3CNCCO3)no2)c1. The van der Waals surface area contributed by atoms with Crippen LogP contribution in [0.25, 0.3) is 0 Å². The summed E-state index contributed by atoms with van der Waals surface area (Å²) in [5.41, 5.74) is 2.57. The van der Waals surface area contributed by atoms with Gasteiger partial charge in [-0.15, -0.1) is 0 Å². The number of ether oxygens (including phenoxy) is 1. The monoisotopic (exact) mass is 273 g/mol. The number of morpholine rings is 1. The summed E-state index contributed by atoms with van der Waals surface area (Å²) in [6.07, 6.45) is 1.59. The molecule has 1 N–H and O–H groups in total. The van der Waals surface area contributed by atoms with Gasteiger partial charge in [0.05, 0.1) is 6.61 Å². The van der Waals surface area contributed by atoms with Crippen LogP contribution in [0.4, 0.5) is 0 Å². The molecule has 3 rings (SSSR count). The predicted octanol–water partition coefficient (Wildman–Crippen LogP) is 1.82. The zero-order valence-electron chi connectivity index (χ0n) is 11.6. The first-order valence-electron chi connectivity index (χ1n) is 7.01. The highest BCUT2D eigenvalue weighted by atomic mass is 16.5. The van der Waals surface area contributed by atoms with Gasteiger partial charge in [-0.2, -0.15) is 4.98 Å². The van der Waals surface area contributed by atoms with Crippen molar-refractivity contribution < 1.29 is 9.26 Å². The van der Waals surface area contributed by atoms with Gasteiger partial charge in [0, 0.05) is 19.5 Å². The minimum absolute atomic E-state index is 0.0831. The summed E-state index contributed by atoms with van der Waals surface area (Å²) in [5, 5.41) is 7.28. The first-order valence-corrected chi connectivity index (χ1v) is 7.01. The Morgan fingerprint density at radius 1 is 1.35 bits per heavy atom. The largest absolute Gasteiger partial charge is 0.367 e. The summed E-state index contributed by atoms with van der Waals surface area (Å²) < 4.78 is 10.9. The molecule has 1 aromatic heterocycles. The maximum Gasteiger partial charge on any atom is 0.227 e. The molecular weight excluding hydrogens is 254 g/mol. The molecule has 106 valence electrons. The molecule has 0 aliphatic carbocycles. The molecule has 5 heteroatoms. The van der Waals surface area contributed by atoms with E-state index in [9.17, 15) is 0 Å². The summed E-state index contributed by atoms with van der Waals surface area (Å²) in [5.74, 6) is 1.33. The standard InChI is InChI=1S/C15H19N3O2/c1-11-3-2-4-12(9-11)5-6-14-17-15(18-20-14)13-10-16-7-8-19-13/h2-4,9,13,16H,5-8,10H2,1H3. The number of hydrogen-bond donors (Lipinski definition) is 1. The molecule has 20 heavy (non-hydrogen) atoms. The second-order valence-corrected chi connectivity index (χ2v) is 5.10. The van der Waals surface area contributed by atoms with Gasteiger partial charge in [0.2, 0.25) is 11.7 Å². The van der Waals surface area contributed by atoms with Crippen LogP contribution in [0.2, 0.25) is 0 Å². The smallest absolute Gasteiger partial charge is 0.227 e. The van der Waals surface area contributed by atoms with Crippen LogP contribution in [0.1, 0.15) is 28.9 Å². The lowest BCUT2D eigenvalue weighted by Crippen LogP contribution is -2.33. The average molecular weight is 273 g/mol. The Morgan fingerprint density at radius 2 is 2.30 bits per heavy atom. The molecule has 1 fully saturated rings. The van der Waals surface area contributed by atoms with Crippen molar-refractivity contribution in [1.29, 1.82) is 0 Å². The van der Waals surface area contributed by atoms with E-state index in [1.807, 2.05) is 0 Å². The van der Waals surface area contributed by atoms with Crippen LogP contribution in [0.3, 0.4) is 0 Å². The maximum atomic E-state index is 5.61. The zero-order chi connectivity index (χ0) is 13.8. The van der Waals surface area contributed by atoms with Gasteiger partial charge in [0.1, 0.15) is 6.10 Å². The molecule has 1 aliphatic rings. The lowest BCUT2D eigenvalue weighted by atomic mass is 10.1. The number of nitrogens with zero attached hydrogens (tertiary/aromatic N) is 2. The normalized spacial score (nSPS) is 19.1. The van der Waals surface area contributed by atoms with E-state index in [1.54, 1.807) is 0 Å². The predicted molar refractivity (Wildman–Crippen MR) is 74.4 cm³/mol. The quantitative estimate of drug-likeness (QED) is 0.920. The van der Waals surface area contributed by atoms with E-state index in [-0.39, 0.29) is 6.10 Å². The van der Waals surface area contributed by atoms with E-state index in [1.165, 1.54) is 11.1 Å². The number of aromatic nitrogens is 2. The lowest BCUT2D eigenvalue weighted by molar-refractivity contribution is 0.0208. The molecule has 1 aliphatic heterocycles. The molecular formula is C15H19N3O2. The highest BCUT2D eigenvalue weighted by Crippen LogP contribution is 2.16. The molecule has 0 spiro atoms. The summed E-state index contributed by atoms with van der Waals surface area (Å²) in [6.45, 7) is 4.42. The zero-order valence-corrected chi connectivity index (χ0v) is 11.6. The molecule has 2 heterocycles. The third-order valence-corrected chi connectivity index (χ3v) is 3.41. The molecule has 0 saturated carbocycles. The second kappa shape index (κ2) is 6.15. The Hall–Kier alpha value is -1.72. The van der Waals surface area contributed by atoms with E-state index in [2.05, 4.69) is 46.6 Å². The van der Waals surface area contributed by atoms with Crippen LogP contribution in [-0.2, 0) is 17.6 Å². The van der Waals surface area contributed by atoms with Crippen molar-refractivity contribution in [2.24, 2.45) is 0 Å². The van der Waals surface area contributed by atoms with Crippen molar-refractivity contribution in [1.82, 2.24) is 15.5 Å². The average Bonchev–Trinajstić information content (AvgIpc) is 2.95. The van der Waals surface area contributed by atoms with Crippen molar-refractivity contribution in [3.05, 3.63) is 47.1 Å². The van der Waals surface area contributed by atoms with Crippen molar-refractivity contribution in [2.45, 2.75) is 25.9 Å². The van der Waals surface area contributed by atoms with Gasteiger partial charge in [0.25, 0.3) is 0 Å². The van der Waals surface area contributed by atoms with Gasteiger partial charge in [-0.3, -0.25) is 0 Å². The minimum Gasteiger partial charge on any atom is -0.367 e. The fraction of sp³-hybridized carbons (Fsp3) is 0.467. The Balaban J connectivity index is 1.59. The number of hydrogen-bond acceptors (Lipinski definition) is 5. The molecule has 0 amide bonds. The third-order valence-electron chi connectivity index (χ3n) is 3.41. The summed E-state index contributed by atoms with van der Waals surface area (Å²) in [6, 6.07) is 8.48. The molecule has 5 nitrogen and oxygen atoms in total. The molecule has 1 atom stereocenters. The summed E-state index contributed by atoms with van der Waals surface area (Å²) >= 11 is 0. The van der Waals surface area contributed by atoms with Crippen LogP contribution in [0, 0.1) is 6.92 Å². The lowest BCUT2D eigenvalue weighted by Gasteiger charge is -2.20. The van der Waals surface area contributed by atoms with Crippen molar-refractivity contribution >= 4 is 0 Å². The van der Waals surface area contributed by atoms with Gasteiger partial charge >= 0.3 is 0 Å². The Kier molecular flexibility index (Phi) is 4.08. The number of rotatable bonds is 4. The van der Waals surface area contributed by atoms with Crippen molar-refractivity contribution in [2.75, 3.05) is 19.7 Å². The van der Waals surface area contributed by atoms with E-state index in [4.69, 9.17) is 9.26 Å². The van der Waals surface area contributed by atoms with Crippen LogP contribution in [0.5, 0.6) is 0 Å². The Labute approximate surface area is 118 Å².